The number of aryl methyl sites for hydroxylation is 1. The van der Waals surface area contributed by atoms with E-state index in [2.05, 4.69) is 20.5 Å². The van der Waals surface area contributed by atoms with Gasteiger partial charge in [0.1, 0.15) is 5.69 Å². The first-order valence-electron chi connectivity index (χ1n) is 7.62. The molecule has 1 amide bonds. The Morgan fingerprint density at radius 2 is 1.96 bits per heavy atom. The van der Waals surface area contributed by atoms with Crippen LogP contribution in [0.25, 0.3) is 11.3 Å². The third kappa shape index (κ3) is 3.30. The Morgan fingerprint density at radius 3 is 2.64 bits per heavy atom. The van der Waals surface area contributed by atoms with E-state index in [4.69, 9.17) is 9.47 Å². The SMILES string of the molecule is COc1ccc(-c2n[nH]c(C)c2NC(=O)c2cccnc2)cc1OC. The van der Waals surface area contributed by atoms with Crippen LogP contribution in [0.15, 0.2) is 42.7 Å². The second-order valence-electron chi connectivity index (χ2n) is 5.34. The molecule has 0 aliphatic carbocycles. The lowest BCUT2D eigenvalue weighted by atomic mass is 10.1. The first-order chi connectivity index (χ1) is 12.1. The first kappa shape index (κ1) is 16.5. The topological polar surface area (TPSA) is 89.1 Å². The number of aromatic nitrogens is 3. The zero-order chi connectivity index (χ0) is 17.8. The summed E-state index contributed by atoms with van der Waals surface area (Å²) in [5.41, 5.74) is 3.25. The van der Waals surface area contributed by atoms with E-state index in [-0.39, 0.29) is 5.91 Å². The molecule has 1 aromatic carbocycles. The lowest BCUT2D eigenvalue weighted by Crippen LogP contribution is -2.13. The Bertz CT molecular complexity index is 891. The van der Waals surface area contributed by atoms with E-state index in [1.165, 1.54) is 6.20 Å². The van der Waals surface area contributed by atoms with Gasteiger partial charge in [0.2, 0.25) is 0 Å². The minimum Gasteiger partial charge on any atom is -0.493 e. The predicted octanol–water partition coefficient (Wildman–Crippen LogP) is 3.05. The number of carbonyl (C=O) groups is 1. The quantitative estimate of drug-likeness (QED) is 0.746. The molecule has 0 fully saturated rings. The molecule has 0 aliphatic heterocycles. The highest BCUT2D eigenvalue weighted by Crippen LogP contribution is 2.35. The molecule has 7 nitrogen and oxygen atoms in total. The van der Waals surface area contributed by atoms with Crippen LogP contribution in [0.2, 0.25) is 0 Å². The van der Waals surface area contributed by atoms with Crippen LogP contribution in [0.4, 0.5) is 5.69 Å². The van der Waals surface area contributed by atoms with Crippen LogP contribution in [0, 0.1) is 6.92 Å². The average Bonchev–Trinajstić information content (AvgIpc) is 3.02. The highest BCUT2D eigenvalue weighted by molar-refractivity contribution is 6.06. The van der Waals surface area contributed by atoms with Gasteiger partial charge in [-0.2, -0.15) is 5.10 Å². The van der Waals surface area contributed by atoms with Gasteiger partial charge in [-0.1, -0.05) is 0 Å². The van der Waals surface area contributed by atoms with Crippen molar-refractivity contribution in [1.82, 2.24) is 15.2 Å². The van der Waals surface area contributed by atoms with Crippen molar-refractivity contribution in [3.8, 4) is 22.8 Å². The van der Waals surface area contributed by atoms with Crippen LogP contribution in [-0.4, -0.2) is 35.3 Å². The van der Waals surface area contributed by atoms with Gasteiger partial charge in [0.05, 0.1) is 31.2 Å². The maximum Gasteiger partial charge on any atom is 0.257 e. The molecular weight excluding hydrogens is 320 g/mol. The number of nitrogens with one attached hydrogen (secondary N) is 2. The van der Waals surface area contributed by atoms with Gasteiger partial charge in [-0.15, -0.1) is 0 Å². The average molecular weight is 338 g/mol. The number of benzene rings is 1. The molecule has 128 valence electrons. The van der Waals surface area contributed by atoms with Crippen LogP contribution < -0.4 is 14.8 Å². The molecule has 0 atom stereocenters. The summed E-state index contributed by atoms with van der Waals surface area (Å²) in [6.07, 6.45) is 3.13. The van der Waals surface area contributed by atoms with E-state index in [0.29, 0.717) is 28.4 Å². The van der Waals surface area contributed by atoms with Gasteiger partial charge >= 0.3 is 0 Å². The molecule has 3 aromatic rings. The smallest absolute Gasteiger partial charge is 0.257 e. The summed E-state index contributed by atoms with van der Waals surface area (Å²) >= 11 is 0. The Hall–Kier alpha value is -3.35. The normalized spacial score (nSPS) is 10.4. The summed E-state index contributed by atoms with van der Waals surface area (Å²) in [5.74, 6) is 0.962. The Morgan fingerprint density at radius 1 is 1.16 bits per heavy atom. The van der Waals surface area contributed by atoms with E-state index in [9.17, 15) is 4.79 Å². The number of hydrogen-bond donors (Lipinski definition) is 2. The summed E-state index contributed by atoms with van der Waals surface area (Å²) in [5, 5.41) is 10.1. The van der Waals surface area contributed by atoms with Crippen LogP contribution in [0.3, 0.4) is 0 Å². The van der Waals surface area contributed by atoms with Gasteiger partial charge in [0.15, 0.2) is 11.5 Å². The third-order valence-electron chi connectivity index (χ3n) is 3.77. The molecule has 7 heteroatoms. The number of aromatic amines is 1. The number of methoxy groups -OCH3 is 2. The Balaban J connectivity index is 1.96. The molecule has 2 heterocycles. The molecule has 0 radical (unpaired) electrons. The molecule has 0 bridgehead atoms. The Kier molecular flexibility index (Phi) is 4.65. The number of amides is 1. The molecule has 0 unspecified atom stereocenters. The number of pyridine rings is 1. The van der Waals surface area contributed by atoms with E-state index >= 15 is 0 Å². The maximum absolute atomic E-state index is 12.4. The highest BCUT2D eigenvalue weighted by Gasteiger charge is 2.17. The summed E-state index contributed by atoms with van der Waals surface area (Å²) in [6.45, 7) is 1.84. The fourth-order valence-electron chi connectivity index (χ4n) is 2.46. The lowest BCUT2D eigenvalue weighted by Gasteiger charge is -2.10. The van der Waals surface area contributed by atoms with E-state index in [1.54, 1.807) is 38.6 Å². The van der Waals surface area contributed by atoms with Gasteiger partial charge in [0.25, 0.3) is 5.91 Å². The van der Waals surface area contributed by atoms with Gasteiger partial charge < -0.3 is 14.8 Å². The standard InChI is InChI=1S/C18H18N4O3/c1-11-16(20-18(23)13-5-4-8-19-10-13)17(22-21-11)12-6-7-14(24-2)15(9-12)25-3/h4-10H,1-3H3,(H,20,23)(H,21,22). The molecule has 2 aromatic heterocycles. The monoisotopic (exact) mass is 338 g/mol. The van der Waals surface area contributed by atoms with Crippen molar-refractivity contribution >= 4 is 11.6 Å². The van der Waals surface area contributed by atoms with Gasteiger partial charge in [-0.25, -0.2) is 0 Å². The van der Waals surface area contributed by atoms with Crippen LogP contribution in [0.5, 0.6) is 11.5 Å². The lowest BCUT2D eigenvalue weighted by molar-refractivity contribution is 0.102. The van der Waals surface area contributed by atoms with Crippen molar-refractivity contribution in [2.24, 2.45) is 0 Å². The predicted molar refractivity (Wildman–Crippen MR) is 94.1 cm³/mol. The molecule has 3 rings (SSSR count). The summed E-state index contributed by atoms with van der Waals surface area (Å²) in [6, 6.07) is 8.88. The van der Waals surface area contributed by atoms with Crippen molar-refractivity contribution in [3.05, 3.63) is 54.0 Å². The second kappa shape index (κ2) is 7.04. The number of H-pyrrole nitrogens is 1. The van der Waals surface area contributed by atoms with Crippen molar-refractivity contribution < 1.29 is 14.3 Å². The summed E-state index contributed by atoms with van der Waals surface area (Å²) < 4.78 is 10.6. The fourth-order valence-corrected chi connectivity index (χ4v) is 2.46. The minimum atomic E-state index is -0.251. The fraction of sp³-hybridized carbons (Fsp3) is 0.167. The van der Waals surface area contributed by atoms with Crippen molar-refractivity contribution in [1.29, 1.82) is 0 Å². The van der Waals surface area contributed by atoms with Gasteiger partial charge in [-0.05, 0) is 37.3 Å². The highest BCUT2D eigenvalue weighted by atomic mass is 16.5. The summed E-state index contributed by atoms with van der Waals surface area (Å²) in [7, 11) is 3.15. The molecular formula is C18H18N4O3. The number of rotatable bonds is 5. The second-order valence-corrected chi connectivity index (χ2v) is 5.34. The molecule has 0 saturated heterocycles. The molecule has 0 saturated carbocycles. The minimum absolute atomic E-state index is 0.251. The molecule has 2 N–H and O–H groups in total. The van der Waals surface area contributed by atoms with Crippen LogP contribution in [-0.2, 0) is 0 Å². The number of nitrogens with zero attached hydrogens (tertiary/aromatic N) is 2. The first-order valence-corrected chi connectivity index (χ1v) is 7.62. The van der Waals surface area contributed by atoms with E-state index < -0.39 is 0 Å². The zero-order valence-electron chi connectivity index (χ0n) is 14.2. The van der Waals surface area contributed by atoms with Crippen molar-refractivity contribution in [2.45, 2.75) is 6.92 Å². The number of carbonyl (C=O) groups excluding carboxylic acids is 1. The van der Waals surface area contributed by atoms with Crippen LogP contribution >= 0.6 is 0 Å². The molecule has 0 aliphatic rings. The third-order valence-corrected chi connectivity index (χ3v) is 3.77. The van der Waals surface area contributed by atoms with Gasteiger partial charge in [-0.3, -0.25) is 14.9 Å². The maximum atomic E-state index is 12.4. The largest absolute Gasteiger partial charge is 0.493 e. The van der Waals surface area contributed by atoms with Crippen molar-refractivity contribution in [3.63, 3.8) is 0 Å². The Labute approximate surface area is 145 Å². The molecule has 0 spiro atoms. The van der Waals surface area contributed by atoms with E-state index in [0.717, 1.165) is 11.3 Å². The summed E-state index contributed by atoms with van der Waals surface area (Å²) in [4.78, 5) is 16.4. The van der Waals surface area contributed by atoms with Crippen molar-refractivity contribution in [2.75, 3.05) is 19.5 Å². The molecule has 25 heavy (non-hydrogen) atoms. The van der Waals surface area contributed by atoms with Gasteiger partial charge in [0, 0.05) is 18.0 Å². The number of hydrogen-bond acceptors (Lipinski definition) is 5. The zero-order valence-corrected chi connectivity index (χ0v) is 14.2. The van der Waals surface area contributed by atoms with E-state index in [1.807, 2.05) is 19.1 Å². The number of ether oxygens (including phenoxy) is 2. The number of anilines is 1. The van der Waals surface area contributed by atoms with Crippen LogP contribution in [0.1, 0.15) is 16.1 Å².